The first-order valence-corrected chi connectivity index (χ1v) is 4.74. The number of nitrogens with zero attached hydrogens (tertiary/aromatic N) is 1. The SMILES string of the molecule is FC(F)C(F)(F)CNc1nc2ccccc2o1. The maximum absolute atomic E-state index is 12.6. The summed E-state index contributed by atoms with van der Waals surface area (Å²) in [6, 6.07) is 6.40. The van der Waals surface area contributed by atoms with Crippen LogP contribution in [0.3, 0.4) is 0 Å². The Morgan fingerprint density at radius 2 is 2.00 bits per heavy atom. The molecule has 3 nitrogen and oxygen atoms in total. The lowest BCUT2D eigenvalue weighted by Crippen LogP contribution is -2.34. The summed E-state index contributed by atoms with van der Waals surface area (Å²) in [6.07, 6.45) is -3.72. The lowest BCUT2D eigenvalue weighted by molar-refractivity contribution is -0.117. The number of oxazole rings is 1. The highest BCUT2D eigenvalue weighted by Gasteiger charge is 2.40. The number of hydrogen-bond donors (Lipinski definition) is 1. The van der Waals surface area contributed by atoms with Crippen molar-refractivity contribution in [3.05, 3.63) is 24.3 Å². The van der Waals surface area contributed by atoms with Gasteiger partial charge in [0, 0.05) is 0 Å². The van der Waals surface area contributed by atoms with Gasteiger partial charge in [0.25, 0.3) is 6.01 Å². The summed E-state index contributed by atoms with van der Waals surface area (Å²) in [5, 5.41) is 2.05. The van der Waals surface area contributed by atoms with E-state index in [9.17, 15) is 17.6 Å². The fraction of sp³-hybridized carbons (Fsp3) is 0.300. The van der Waals surface area contributed by atoms with E-state index in [1.807, 2.05) is 5.32 Å². The van der Waals surface area contributed by atoms with Gasteiger partial charge in [0.1, 0.15) is 5.52 Å². The third kappa shape index (κ3) is 2.48. The highest BCUT2D eigenvalue weighted by molar-refractivity contribution is 5.74. The zero-order chi connectivity index (χ0) is 12.5. The number of anilines is 1. The maximum atomic E-state index is 12.6. The van der Waals surface area contributed by atoms with Crippen LogP contribution in [-0.2, 0) is 0 Å². The molecule has 1 aromatic heterocycles. The summed E-state index contributed by atoms with van der Waals surface area (Å²) in [5.41, 5.74) is 0.866. The van der Waals surface area contributed by atoms with Gasteiger partial charge in [0.15, 0.2) is 5.58 Å². The summed E-state index contributed by atoms with van der Waals surface area (Å²) < 4.78 is 54.0. The van der Waals surface area contributed by atoms with Gasteiger partial charge in [-0.1, -0.05) is 12.1 Å². The quantitative estimate of drug-likeness (QED) is 0.844. The highest BCUT2D eigenvalue weighted by Crippen LogP contribution is 2.24. The number of nitrogens with one attached hydrogen (secondary N) is 1. The molecule has 0 radical (unpaired) electrons. The Morgan fingerprint density at radius 3 is 2.65 bits per heavy atom. The van der Waals surface area contributed by atoms with Crippen LogP contribution >= 0.6 is 0 Å². The molecule has 7 heteroatoms. The molecule has 0 spiro atoms. The van der Waals surface area contributed by atoms with Crippen LogP contribution in [0.2, 0.25) is 0 Å². The maximum Gasteiger partial charge on any atom is 0.324 e. The fourth-order valence-corrected chi connectivity index (χ4v) is 1.22. The Kier molecular flexibility index (Phi) is 2.91. The molecule has 0 aliphatic carbocycles. The minimum Gasteiger partial charge on any atom is -0.424 e. The summed E-state index contributed by atoms with van der Waals surface area (Å²) in [7, 11) is 0. The molecule has 1 aromatic carbocycles. The number of para-hydroxylation sites is 2. The van der Waals surface area contributed by atoms with Gasteiger partial charge in [-0.2, -0.15) is 13.8 Å². The standard InChI is InChI=1S/C10H8F4N2O/c11-8(12)10(13,14)5-15-9-16-6-3-1-2-4-7(6)17-9/h1-4,8H,5H2,(H,15,16). The topological polar surface area (TPSA) is 38.1 Å². The van der Waals surface area contributed by atoms with Gasteiger partial charge in [-0.3, -0.25) is 0 Å². The molecular formula is C10H8F4N2O. The largest absolute Gasteiger partial charge is 0.424 e. The van der Waals surface area contributed by atoms with Gasteiger partial charge >= 0.3 is 12.3 Å². The van der Waals surface area contributed by atoms with Crippen LogP contribution in [0.4, 0.5) is 23.6 Å². The number of halogens is 4. The average molecular weight is 248 g/mol. The molecule has 0 atom stereocenters. The highest BCUT2D eigenvalue weighted by atomic mass is 19.3. The second kappa shape index (κ2) is 4.23. The summed E-state index contributed by atoms with van der Waals surface area (Å²) in [5.74, 6) is -4.11. The number of benzene rings is 1. The van der Waals surface area contributed by atoms with E-state index < -0.39 is 18.9 Å². The van der Waals surface area contributed by atoms with Crippen LogP contribution in [0, 0.1) is 0 Å². The third-order valence-corrected chi connectivity index (χ3v) is 2.09. The second-order valence-electron chi connectivity index (χ2n) is 3.40. The van der Waals surface area contributed by atoms with E-state index in [0.717, 1.165) is 0 Å². The molecule has 0 saturated carbocycles. The molecule has 0 unspecified atom stereocenters. The van der Waals surface area contributed by atoms with E-state index in [1.165, 1.54) is 0 Å². The van der Waals surface area contributed by atoms with Crippen LogP contribution in [0.15, 0.2) is 28.7 Å². The number of fused-ring (bicyclic) bond motifs is 1. The molecular weight excluding hydrogens is 240 g/mol. The van der Waals surface area contributed by atoms with Crippen molar-refractivity contribution < 1.29 is 22.0 Å². The van der Waals surface area contributed by atoms with Crippen molar-refractivity contribution in [2.24, 2.45) is 0 Å². The molecule has 0 aliphatic heterocycles. The molecule has 0 saturated heterocycles. The fourth-order valence-electron chi connectivity index (χ4n) is 1.22. The normalized spacial score (nSPS) is 12.3. The summed E-state index contributed by atoms with van der Waals surface area (Å²) >= 11 is 0. The van der Waals surface area contributed by atoms with Crippen molar-refractivity contribution in [1.29, 1.82) is 0 Å². The third-order valence-electron chi connectivity index (χ3n) is 2.09. The van der Waals surface area contributed by atoms with Crippen LogP contribution in [-0.4, -0.2) is 23.9 Å². The van der Waals surface area contributed by atoms with Crippen molar-refractivity contribution in [1.82, 2.24) is 4.98 Å². The molecule has 92 valence electrons. The number of hydrogen-bond acceptors (Lipinski definition) is 3. The molecule has 2 aromatic rings. The summed E-state index contributed by atoms with van der Waals surface area (Å²) in [4.78, 5) is 3.82. The van der Waals surface area contributed by atoms with Crippen LogP contribution in [0.1, 0.15) is 0 Å². The zero-order valence-electron chi connectivity index (χ0n) is 8.46. The van der Waals surface area contributed by atoms with E-state index in [0.29, 0.717) is 11.1 Å². The first kappa shape index (κ1) is 11.7. The van der Waals surface area contributed by atoms with Gasteiger partial charge in [0.2, 0.25) is 0 Å². The molecule has 0 aliphatic rings. The van der Waals surface area contributed by atoms with Crippen LogP contribution < -0.4 is 5.32 Å². The first-order chi connectivity index (χ1) is 7.99. The lowest BCUT2D eigenvalue weighted by Gasteiger charge is -2.14. The first-order valence-electron chi connectivity index (χ1n) is 4.74. The molecule has 1 heterocycles. The van der Waals surface area contributed by atoms with Gasteiger partial charge in [-0.25, -0.2) is 8.78 Å². The Morgan fingerprint density at radius 1 is 1.29 bits per heavy atom. The Hall–Kier alpha value is -1.79. The van der Waals surface area contributed by atoms with E-state index in [1.54, 1.807) is 24.3 Å². The average Bonchev–Trinajstić information content (AvgIpc) is 2.69. The molecule has 0 fully saturated rings. The van der Waals surface area contributed by atoms with E-state index in [2.05, 4.69) is 4.98 Å². The van der Waals surface area contributed by atoms with Crippen LogP contribution in [0.5, 0.6) is 0 Å². The van der Waals surface area contributed by atoms with Crippen molar-refractivity contribution in [3.8, 4) is 0 Å². The minimum atomic E-state index is -4.11. The van der Waals surface area contributed by atoms with Gasteiger partial charge in [-0.05, 0) is 12.1 Å². The smallest absolute Gasteiger partial charge is 0.324 e. The van der Waals surface area contributed by atoms with E-state index >= 15 is 0 Å². The van der Waals surface area contributed by atoms with Crippen LogP contribution in [0.25, 0.3) is 11.1 Å². The van der Waals surface area contributed by atoms with E-state index in [-0.39, 0.29) is 6.01 Å². The molecule has 17 heavy (non-hydrogen) atoms. The number of aromatic nitrogens is 1. The minimum absolute atomic E-state index is 0.202. The Balaban J connectivity index is 2.09. The Labute approximate surface area is 93.4 Å². The second-order valence-corrected chi connectivity index (χ2v) is 3.40. The zero-order valence-corrected chi connectivity index (χ0v) is 8.46. The predicted molar refractivity (Wildman–Crippen MR) is 53.4 cm³/mol. The lowest BCUT2D eigenvalue weighted by atomic mass is 10.3. The van der Waals surface area contributed by atoms with E-state index in [4.69, 9.17) is 4.42 Å². The predicted octanol–water partition coefficient (Wildman–Crippen LogP) is 3.14. The molecule has 0 amide bonds. The van der Waals surface area contributed by atoms with Crippen molar-refractivity contribution in [2.75, 3.05) is 11.9 Å². The number of rotatable bonds is 4. The van der Waals surface area contributed by atoms with Crippen molar-refractivity contribution in [3.63, 3.8) is 0 Å². The van der Waals surface area contributed by atoms with Crippen molar-refractivity contribution in [2.45, 2.75) is 12.3 Å². The monoisotopic (exact) mass is 248 g/mol. The number of alkyl halides is 4. The Bertz CT molecular complexity index is 479. The van der Waals surface area contributed by atoms with Gasteiger partial charge < -0.3 is 9.73 Å². The van der Waals surface area contributed by atoms with Gasteiger partial charge in [-0.15, -0.1) is 0 Å². The molecule has 2 rings (SSSR count). The summed E-state index contributed by atoms with van der Waals surface area (Å²) in [6.45, 7) is -1.22. The van der Waals surface area contributed by atoms with Gasteiger partial charge in [0.05, 0.1) is 6.54 Å². The molecule has 1 N–H and O–H groups in total. The van der Waals surface area contributed by atoms with Crippen molar-refractivity contribution >= 4 is 17.1 Å². The molecule has 0 bridgehead atoms.